The Hall–Kier alpha value is -4.29. The van der Waals surface area contributed by atoms with E-state index >= 15 is 0 Å². The molecule has 4 aromatic rings. The molecule has 0 bridgehead atoms. The number of para-hydroxylation sites is 2. The zero-order valence-corrected chi connectivity index (χ0v) is 30.6. The summed E-state index contributed by atoms with van der Waals surface area (Å²) in [6, 6.07) is 30.3. The SMILES string of the molecule is Nc1ccccc1NC(=O)CCCCC(=O)NCc1ccc([C@H]2O[C@@H](CN3CCC(O)(c4ccc(Cl)cc4)CC3)C[C@@H](c3ccc(CO)cc3)O2)cc1. The molecule has 2 aliphatic rings. The molecule has 280 valence electrons. The smallest absolute Gasteiger partial charge is 0.224 e. The number of anilines is 2. The van der Waals surface area contributed by atoms with Gasteiger partial charge in [-0.25, -0.2) is 0 Å². The number of amides is 2. The summed E-state index contributed by atoms with van der Waals surface area (Å²) < 4.78 is 13.1. The Balaban J connectivity index is 1.00. The van der Waals surface area contributed by atoms with Crippen molar-refractivity contribution in [2.45, 2.75) is 82.2 Å². The van der Waals surface area contributed by atoms with Gasteiger partial charge >= 0.3 is 0 Å². The number of aliphatic hydroxyl groups excluding tert-OH is 1. The number of hydrogen-bond acceptors (Lipinski definition) is 8. The molecule has 0 aliphatic carbocycles. The average Bonchev–Trinajstić information content (AvgIpc) is 3.18. The molecule has 6 N–H and O–H groups in total. The normalized spacial score (nSPS) is 20.1. The van der Waals surface area contributed by atoms with Crippen LogP contribution in [-0.4, -0.2) is 52.7 Å². The van der Waals surface area contributed by atoms with Gasteiger partial charge in [0, 0.05) is 56.0 Å². The Bertz CT molecular complexity index is 1800. The largest absolute Gasteiger partial charge is 0.397 e. The first-order valence-electron chi connectivity index (χ1n) is 18.4. The highest BCUT2D eigenvalue weighted by molar-refractivity contribution is 6.30. The van der Waals surface area contributed by atoms with E-state index in [1.54, 1.807) is 12.1 Å². The molecule has 53 heavy (non-hydrogen) atoms. The molecule has 11 heteroatoms. The number of nitrogens with two attached hydrogens (primary N) is 1. The summed E-state index contributed by atoms with van der Waals surface area (Å²) in [7, 11) is 0. The third-order valence-corrected chi connectivity index (χ3v) is 10.4. The lowest BCUT2D eigenvalue weighted by molar-refractivity contribution is -0.253. The van der Waals surface area contributed by atoms with Crippen LogP contribution in [0.5, 0.6) is 0 Å². The van der Waals surface area contributed by atoms with Gasteiger partial charge in [0.25, 0.3) is 0 Å². The molecular weight excluding hydrogens is 692 g/mol. The highest BCUT2D eigenvalue weighted by Gasteiger charge is 2.37. The van der Waals surface area contributed by atoms with Crippen LogP contribution in [0, 0.1) is 0 Å². The number of unbranched alkanes of at least 4 members (excludes halogenated alkanes) is 1. The molecule has 0 unspecified atom stereocenters. The third-order valence-electron chi connectivity index (χ3n) is 10.2. The van der Waals surface area contributed by atoms with Crippen molar-refractivity contribution in [1.29, 1.82) is 0 Å². The molecule has 2 saturated heterocycles. The Kier molecular flexibility index (Phi) is 13.2. The molecule has 2 heterocycles. The Labute approximate surface area is 316 Å². The van der Waals surface area contributed by atoms with E-state index in [-0.39, 0.29) is 30.6 Å². The van der Waals surface area contributed by atoms with Gasteiger partial charge in [-0.1, -0.05) is 84.4 Å². The predicted molar refractivity (Wildman–Crippen MR) is 206 cm³/mol. The van der Waals surface area contributed by atoms with Gasteiger partial charge in [-0.05, 0) is 72.2 Å². The van der Waals surface area contributed by atoms with Gasteiger partial charge in [-0.15, -0.1) is 0 Å². The molecule has 2 aliphatic heterocycles. The number of halogens is 1. The summed E-state index contributed by atoms with van der Waals surface area (Å²) in [6.07, 6.45) is 2.85. The number of ether oxygens (including phenoxy) is 2. The summed E-state index contributed by atoms with van der Waals surface area (Å²) in [5.74, 6) is -0.191. The third kappa shape index (κ3) is 10.7. The number of aliphatic hydroxyl groups is 2. The number of carbonyl (C=O) groups excluding carboxylic acids is 2. The number of nitrogens with one attached hydrogen (secondary N) is 2. The molecule has 0 radical (unpaired) electrons. The quantitative estimate of drug-likeness (QED) is 0.0705. The lowest BCUT2D eigenvalue weighted by atomic mass is 9.84. The number of hydrogen-bond donors (Lipinski definition) is 5. The van der Waals surface area contributed by atoms with Crippen LogP contribution in [0.1, 0.15) is 85.2 Å². The number of nitrogens with zero attached hydrogens (tertiary/aromatic N) is 1. The van der Waals surface area contributed by atoms with Crippen molar-refractivity contribution in [1.82, 2.24) is 10.2 Å². The van der Waals surface area contributed by atoms with Crippen molar-refractivity contribution < 1.29 is 29.3 Å². The Morgan fingerprint density at radius 1 is 0.830 bits per heavy atom. The summed E-state index contributed by atoms with van der Waals surface area (Å²) in [6.45, 7) is 2.55. The average molecular weight is 741 g/mol. The van der Waals surface area contributed by atoms with Crippen molar-refractivity contribution in [2.75, 3.05) is 30.7 Å². The predicted octanol–water partition coefficient (Wildman–Crippen LogP) is 6.76. The lowest BCUT2D eigenvalue weighted by Crippen LogP contribution is -2.46. The summed E-state index contributed by atoms with van der Waals surface area (Å²) in [5, 5.41) is 27.4. The molecule has 4 aromatic carbocycles. The van der Waals surface area contributed by atoms with E-state index in [0.717, 1.165) is 40.9 Å². The minimum atomic E-state index is -0.880. The number of carbonyl (C=O) groups is 2. The van der Waals surface area contributed by atoms with Gasteiger partial charge in [-0.2, -0.15) is 0 Å². The molecule has 6 rings (SSSR count). The van der Waals surface area contributed by atoms with E-state index in [4.69, 9.17) is 26.8 Å². The monoisotopic (exact) mass is 740 g/mol. The van der Waals surface area contributed by atoms with Crippen LogP contribution >= 0.6 is 11.6 Å². The fourth-order valence-corrected chi connectivity index (χ4v) is 7.08. The van der Waals surface area contributed by atoms with Crippen molar-refractivity contribution in [3.05, 3.63) is 130 Å². The van der Waals surface area contributed by atoms with Gasteiger partial charge in [-0.3, -0.25) is 9.59 Å². The van der Waals surface area contributed by atoms with E-state index < -0.39 is 11.9 Å². The zero-order chi connectivity index (χ0) is 37.2. The lowest BCUT2D eigenvalue weighted by Gasteiger charge is -2.42. The fourth-order valence-electron chi connectivity index (χ4n) is 6.95. The van der Waals surface area contributed by atoms with E-state index in [0.29, 0.717) is 74.4 Å². The van der Waals surface area contributed by atoms with Crippen molar-refractivity contribution in [2.24, 2.45) is 0 Å². The molecule has 2 amide bonds. The molecule has 3 atom stereocenters. The first-order valence-corrected chi connectivity index (χ1v) is 18.8. The highest BCUT2D eigenvalue weighted by atomic mass is 35.5. The zero-order valence-electron chi connectivity index (χ0n) is 29.9. The summed E-state index contributed by atoms with van der Waals surface area (Å²) >= 11 is 6.08. The number of nitrogen functional groups attached to an aromatic ring is 1. The van der Waals surface area contributed by atoms with E-state index in [2.05, 4.69) is 15.5 Å². The highest BCUT2D eigenvalue weighted by Crippen LogP contribution is 2.39. The number of piperidine rings is 1. The van der Waals surface area contributed by atoms with Crippen molar-refractivity contribution in [3.63, 3.8) is 0 Å². The first-order chi connectivity index (χ1) is 25.7. The molecule has 0 saturated carbocycles. The second kappa shape index (κ2) is 18.2. The standard InChI is InChI=1S/C42H49ClN4O6/c43-34-19-17-33(18-20-34)42(51)21-23-47(24-22-42)27-35-25-38(31-13-11-30(28-48)12-14-31)53-41(52-35)32-15-9-29(10-16-32)26-45-39(49)7-3-4-8-40(50)46-37-6-2-1-5-36(37)44/h1-2,5-6,9-20,35,38,41,48,51H,3-4,7-8,21-28,44H2,(H,45,49)(H,46,50)/t35-,38+,41+/m1/s1. The van der Waals surface area contributed by atoms with Crippen molar-refractivity contribution >= 4 is 34.8 Å². The van der Waals surface area contributed by atoms with Crippen molar-refractivity contribution in [3.8, 4) is 0 Å². The van der Waals surface area contributed by atoms with Crippen LogP contribution in [0.25, 0.3) is 0 Å². The number of likely N-dealkylation sites (tertiary alicyclic amines) is 1. The number of benzene rings is 4. The molecule has 0 spiro atoms. The molecule has 10 nitrogen and oxygen atoms in total. The first kappa shape index (κ1) is 38.4. The van der Waals surface area contributed by atoms with Crippen LogP contribution < -0.4 is 16.4 Å². The van der Waals surface area contributed by atoms with E-state index in [1.165, 1.54) is 0 Å². The van der Waals surface area contributed by atoms with Gasteiger partial charge in [0.05, 0.1) is 35.8 Å². The van der Waals surface area contributed by atoms with Crippen LogP contribution in [-0.2, 0) is 37.8 Å². The maximum atomic E-state index is 12.5. The summed E-state index contributed by atoms with van der Waals surface area (Å²) in [5.41, 5.74) is 10.7. The summed E-state index contributed by atoms with van der Waals surface area (Å²) in [4.78, 5) is 27.1. The van der Waals surface area contributed by atoms with Gasteiger partial charge in [0.1, 0.15) is 0 Å². The maximum absolute atomic E-state index is 12.5. The van der Waals surface area contributed by atoms with Crippen LogP contribution in [0.2, 0.25) is 5.02 Å². The minimum Gasteiger partial charge on any atom is -0.397 e. The van der Waals surface area contributed by atoms with Crippen LogP contribution in [0.4, 0.5) is 11.4 Å². The second-order valence-electron chi connectivity index (χ2n) is 14.1. The fraction of sp³-hybridized carbons (Fsp3) is 0.381. The molecule has 0 aromatic heterocycles. The van der Waals surface area contributed by atoms with Gasteiger partial charge in [0.15, 0.2) is 6.29 Å². The second-order valence-corrected chi connectivity index (χ2v) is 14.5. The topological polar surface area (TPSA) is 146 Å². The maximum Gasteiger partial charge on any atom is 0.224 e. The van der Waals surface area contributed by atoms with Gasteiger partial charge < -0.3 is 41.0 Å². The molecule has 2 fully saturated rings. The Morgan fingerprint density at radius 2 is 1.47 bits per heavy atom. The number of rotatable bonds is 14. The molecular formula is C42H49ClN4O6. The Morgan fingerprint density at radius 3 is 2.15 bits per heavy atom. The van der Waals surface area contributed by atoms with Crippen LogP contribution in [0.3, 0.4) is 0 Å². The van der Waals surface area contributed by atoms with Gasteiger partial charge in [0.2, 0.25) is 11.8 Å². The van der Waals surface area contributed by atoms with Crippen LogP contribution in [0.15, 0.2) is 97.1 Å². The minimum absolute atomic E-state index is 0.0194. The van der Waals surface area contributed by atoms with E-state index in [9.17, 15) is 19.8 Å². The van der Waals surface area contributed by atoms with E-state index in [1.807, 2.05) is 84.9 Å².